The van der Waals surface area contributed by atoms with Crippen LogP contribution in [0.1, 0.15) is 13.3 Å². The number of hydrogen-bond donors (Lipinski definition) is 0. The van der Waals surface area contributed by atoms with Gasteiger partial charge in [0, 0.05) is 35.2 Å². The molecule has 0 aliphatic carbocycles. The molecule has 0 saturated carbocycles. The lowest BCUT2D eigenvalue weighted by molar-refractivity contribution is 0.570. The Morgan fingerprint density at radius 2 is 1.94 bits per heavy atom. The number of nitrogens with zero attached hydrogens (tertiary/aromatic N) is 4. The zero-order chi connectivity index (χ0) is 13.2. The van der Waals surface area contributed by atoms with Gasteiger partial charge in [0.05, 0.1) is 0 Å². The summed E-state index contributed by atoms with van der Waals surface area (Å²) in [6, 6.07) is 3.47. The van der Waals surface area contributed by atoms with Crippen molar-refractivity contribution in [3.8, 4) is 11.4 Å². The SMILES string of the molecule is CCCn1c(-c2ccncc2)nnc1S(=O)(=O)Cl. The Hall–Kier alpha value is -1.47. The molecule has 0 N–H and O–H groups in total. The third-order valence-corrected chi connectivity index (χ3v) is 3.47. The Morgan fingerprint density at radius 3 is 2.50 bits per heavy atom. The highest BCUT2D eigenvalue weighted by atomic mass is 35.7. The molecule has 0 amide bonds. The fraction of sp³-hybridized carbons (Fsp3) is 0.300. The molecule has 0 aliphatic rings. The average molecular weight is 287 g/mol. The van der Waals surface area contributed by atoms with E-state index in [2.05, 4.69) is 15.2 Å². The van der Waals surface area contributed by atoms with Gasteiger partial charge in [-0.25, -0.2) is 8.42 Å². The van der Waals surface area contributed by atoms with Crippen LogP contribution in [0.3, 0.4) is 0 Å². The van der Waals surface area contributed by atoms with Crippen LogP contribution >= 0.6 is 10.7 Å². The van der Waals surface area contributed by atoms with E-state index in [1.54, 1.807) is 24.5 Å². The smallest absolute Gasteiger partial charge is 0.296 e. The molecule has 2 aromatic rings. The van der Waals surface area contributed by atoms with Crippen molar-refractivity contribution >= 4 is 19.7 Å². The lowest BCUT2D eigenvalue weighted by Gasteiger charge is -2.06. The minimum atomic E-state index is -3.90. The molecule has 0 aliphatic heterocycles. The maximum atomic E-state index is 11.4. The summed E-state index contributed by atoms with van der Waals surface area (Å²) < 4.78 is 24.3. The Balaban J connectivity index is 2.60. The highest BCUT2D eigenvalue weighted by molar-refractivity contribution is 8.13. The van der Waals surface area contributed by atoms with Crippen molar-refractivity contribution in [1.82, 2.24) is 19.7 Å². The Labute approximate surface area is 109 Å². The molecule has 0 fully saturated rings. The lowest BCUT2D eigenvalue weighted by atomic mass is 10.2. The van der Waals surface area contributed by atoms with E-state index in [4.69, 9.17) is 10.7 Å². The maximum Gasteiger partial charge on any atom is 0.296 e. The molecule has 0 spiro atoms. The van der Waals surface area contributed by atoms with Crippen molar-refractivity contribution in [3.05, 3.63) is 24.5 Å². The molecule has 2 aromatic heterocycles. The van der Waals surface area contributed by atoms with Crippen LogP contribution in [0.15, 0.2) is 29.7 Å². The second kappa shape index (κ2) is 5.03. The summed E-state index contributed by atoms with van der Waals surface area (Å²) in [6.07, 6.45) is 3.96. The zero-order valence-electron chi connectivity index (χ0n) is 9.62. The molecule has 2 rings (SSSR count). The molecule has 8 heteroatoms. The molecule has 18 heavy (non-hydrogen) atoms. The van der Waals surface area contributed by atoms with Crippen LogP contribution in [-0.2, 0) is 15.6 Å². The second-order valence-electron chi connectivity index (χ2n) is 3.63. The number of rotatable bonds is 4. The molecule has 0 aromatic carbocycles. The predicted molar refractivity (Wildman–Crippen MR) is 66.6 cm³/mol. The van der Waals surface area contributed by atoms with Crippen molar-refractivity contribution in [3.63, 3.8) is 0 Å². The van der Waals surface area contributed by atoms with Crippen LogP contribution in [-0.4, -0.2) is 28.2 Å². The monoisotopic (exact) mass is 286 g/mol. The van der Waals surface area contributed by atoms with E-state index in [9.17, 15) is 8.42 Å². The summed E-state index contributed by atoms with van der Waals surface area (Å²) >= 11 is 0. The van der Waals surface area contributed by atoms with Crippen molar-refractivity contribution in [2.24, 2.45) is 0 Å². The highest BCUT2D eigenvalue weighted by Crippen LogP contribution is 2.22. The summed E-state index contributed by atoms with van der Waals surface area (Å²) in [6.45, 7) is 2.41. The van der Waals surface area contributed by atoms with Crippen LogP contribution < -0.4 is 0 Å². The minimum absolute atomic E-state index is 0.224. The third-order valence-electron chi connectivity index (χ3n) is 2.32. The van der Waals surface area contributed by atoms with Gasteiger partial charge >= 0.3 is 0 Å². The molecule has 0 atom stereocenters. The fourth-order valence-corrected chi connectivity index (χ4v) is 2.53. The van der Waals surface area contributed by atoms with Crippen LogP contribution in [0.2, 0.25) is 0 Å². The summed E-state index contributed by atoms with van der Waals surface area (Å²) in [4.78, 5) is 3.90. The van der Waals surface area contributed by atoms with Gasteiger partial charge in [-0.15, -0.1) is 10.2 Å². The molecule has 6 nitrogen and oxygen atoms in total. The average Bonchev–Trinajstić information content (AvgIpc) is 2.74. The van der Waals surface area contributed by atoms with Crippen LogP contribution in [0.25, 0.3) is 11.4 Å². The third kappa shape index (κ3) is 2.51. The predicted octanol–water partition coefficient (Wildman–Crippen LogP) is 1.68. The van der Waals surface area contributed by atoms with E-state index in [1.807, 2.05) is 6.92 Å². The van der Waals surface area contributed by atoms with E-state index in [0.717, 1.165) is 12.0 Å². The molecule has 0 saturated heterocycles. The van der Waals surface area contributed by atoms with Gasteiger partial charge in [-0.2, -0.15) is 0 Å². The van der Waals surface area contributed by atoms with Gasteiger partial charge in [0.15, 0.2) is 5.82 Å². The summed E-state index contributed by atoms with van der Waals surface area (Å²) in [5, 5.41) is 7.32. The van der Waals surface area contributed by atoms with Gasteiger partial charge in [0.1, 0.15) is 0 Å². The molecule has 0 bridgehead atoms. The van der Waals surface area contributed by atoms with E-state index in [0.29, 0.717) is 12.4 Å². The van der Waals surface area contributed by atoms with Crippen molar-refractivity contribution in [2.45, 2.75) is 25.0 Å². The highest BCUT2D eigenvalue weighted by Gasteiger charge is 2.22. The number of aromatic nitrogens is 4. The van der Waals surface area contributed by atoms with Crippen LogP contribution in [0.5, 0.6) is 0 Å². The number of halogens is 1. The standard InChI is InChI=1S/C10H11ClN4O2S/c1-2-7-15-9(8-3-5-12-6-4-8)13-14-10(15)18(11,16)17/h3-6H,2,7H2,1H3. The Bertz CT molecular complexity index is 639. The number of hydrogen-bond acceptors (Lipinski definition) is 5. The van der Waals surface area contributed by atoms with Gasteiger partial charge in [0.25, 0.3) is 14.2 Å². The zero-order valence-corrected chi connectivity index (χ0v) is 11.2. The largest absolute Gasteiger partial charge is 0.297 e. The quantitative estimate of drug-likeness (QED) is 0.799. The van der Waals surface area contributed by atoms with E-state index >= 15 is 0 Å². The molecule has 2 heterocycles. The van der Waals surface area contributed by atoms with E-state index in [-0.39, 0.29) is 5.16 Å². The first-order valence-electron chi connectivity index (χ1n) is 5.32. The summed E-state index contributed by atoms with van der Waals surface area (Å²) in [7, 11) is 1.44. The van der Waals surface area contributed by atoms with Gasteiger partial charge in [0.2, 0.25) is 0 Å². The topological polar surface area (TPSA) is 77.7 Å². The maximum absolute atomic E-state index is 11.4. The van der Waals surface area contributed by atoms with E-state index in [1.165, 1.54) is 4.57 Å². The summed E-state index contributed by atoms with van der Waals surface area (Å²) in [5.41, 5.74) is 0.748. The summed E-state index contributed by atoms with van der Waals surface area (Å²) in [5.74, 6) is 0.471. The van der Waals surface area contributed by atoms with Gasteiger partial charge in [-0.05, 0) is 18.6 Å². The number of pyridine rings is 1. The Kier molecular flexibility index (Phi) is 3.63. The van der Waals surface area contributed by atoms with Crippen molar-refractivity contribution in [1.29, 1.82) is 0 Å². The minimum Gasteiger partial charge on any atom is -0.297 e. The molecular formula is C10H11ClN4O2S. The van der Waals surface area contributed by atoms with Crippen molar-refractivity contribution in [2.75, 3.05) is 0 Å². The molecule has 0 unspecified atom stereocenters. The van der Waals surface area contributed by atoms with Crippen LogP contribution in [0, 0.1) is 0 Å². The first-order valence-corrected chi connectivity index (χ1v) is 7.63. The first kappa shape index (κ1) is 13.0. The molecule has 96 valence electrons. The van der Waals surface area contributed by atoms with Gasteiger partial charge < -0.3 is 0 Å². The first-order chi connectivity index (χ1) is 8.54. The second-order valence-corrected chi connectivity index (χ2v) is 6.09. The normalized spacial score (nSPS) is 11.7. The fourth-order valence-electron chi connectivity index (χ4n) is 1.61. The van der Waals surface area contributed by atoms with Gasteiger partial charge in [-0.3, -0.25) is 9.55 Å². The van der Waals surface area contributed by atoms with Crippen molar-refractivity contribution < 1.29 is 8.42 Å². The lowest BCUT2D eigenvalue weighted by Crippen LogP contribution is -2.07. The van der Waals surface area contributed by atoms with E-state index < -0.39 is 9.05 Å². The Morgan fingerprint density at radius 1 is 1.28 bits per heavy atom. The molecular weight excluding hydrogens is 276 g/mol. The van der Waals surface area contributed by atoms with Gasteiger partial charge in [-0.1, -0.05) is 6.92 Å². The van der Waals surface area contributed by atoms with Crippen LogP contribution in [0.4, 0.5) is 0 Å². The molecule has 0 radical (unpaired) electrons.